The van der Waals surface area contributed by atoms with Gasteiger partial charge >= 0.3 is 0 Å². The SMILES string of the molecule is NC(=NCCS(=O)(=O)c1ccc(Br)cc1)NCCc1ccccn1. The van der Waals surface area contributed by atoms with Gasteiger partial charge in [-0.1, -0.05) is 22.0 Å². The first kappa shape index (κ1) is 18.4. The van der Waals surface area contributed by atoms with Crippen molar-refractivity contribution in [2.45, 2.75) is 11.3 Å². The molecule has 0 aliphatic heterocycles. The summed E-state index contributed by atoms with van der Waals surface area (Å²) in [5, 5.41) is 2.95. The molecular weight excluding hydrogens is 392 g/mol. The van der Waals surface area contributed by atoms with Gasteiger partial charge in [-0.2, -0.15) is 0 Å². The molecule has 0 saturated heterocycles. The zero-order chi connectivity index (χ0) is 17.4. The number of aromatic nitrogens is 1. The quantitative estimate of drug-likeness (QED) is 0.535. The van der Waals surface area contributed by atoms with Crippen LogP contribution in [0, 0.1) is 0 Å². The van der Waals surface area contributed by atoms with E-state index in [4.69, 9.17) is 5.73 Å². The third kappa shape index (κ3) is 5.93. The van der Waals surface area contributed by atoms with Crippen LogP contribution in [0.3, 0.4) is 0 Å². The van der Waals surface area contributed by atoms with Crippen molar-refractivity contribution < 1.29 is 8.42 Å². The number of hydrogen-bond donors (Lipinski definition) is 2. The second-order valence-electron chi connectivity index (χ2n) is 5.04. The summed E-state index contributed by atoms with van der Waals surface area (Å²) in [6.45, 7) is 0.701. The Morgan fingerprint density at radius 3 is 2.62 bits per heavy atom. The Kier molecular flexibility index (Phi) is 6.74. The predicted octanol–water partition coefficient (Wildman–Crippen LogP) is 1.76. The summed E-state index contributed by atoms with van der Waals surface area (Å²) in [7, 11) is -3.36. The third-order valence-corrected chi connectivity index (χ3v) is 5.47. The molecule has 2 rings (SSSR count). The van der Waals surface area contributed by atoms with Gasteiger partial charge in [-0.15, -0.1) is 0 Å². The molecule has 6 nitrogen and oxygen atoms in total. The molecule has 0 radical (unpaired) electrons. The van der Waals surface area contributed by atoms with Crippen molar-refractivity contribution in [2.24, 2.45) is 10.7 Å². The molecule has 2 aromatic rings. The van der Waals surface area contributed by atoms with E-state index in [-0.39, 0.29) is 23.2 Å². The molecule has 0 aliphatic rings. The zero-order valence-electron chi connectivity index (χ0n) is 13.0. The largest absolute Gasteiger partial charge is 0.370 e. The second kappa shape index (κ2) is 8.79. The molecule has 0 aliphatic carbocycles. The number of nitrogens with zero attached hydrogens (tertiary/aromatic N) is 2. The van der Waals surface area contributed by atoms with Gasteiger partial charge in [-0.25, -0.2) is 8.42 Å². The van der Waals surface area contributed by atoms with Crippen molar-refractivity contribution in [1.82, 2.24) is 10.3 Å². The van der Waals surface area contributed by atoms with E-state index < -0.39 is 9.84 Å². The maximum absolute atomic E-state index is 12.2. The van der Waals surface area contributed by atoms with E-state index in [1.807, 2.05) is 18.2 Å². The minimum Gasteiger partial charge on any atom is -0.370 e. The van der Waals surface area contributed by atoms with Crippen molar-refractivity contribution in [2.75, 3.05) is 18.8 Å². The van der Waals surface area contributed by atoms with E-state index >= 15 is 0 Å². The highest BCUT2D eigenvalue weighted by Crippen LogP contribution is 2.15. The first-order valence-corrected chi connectivity index (χ1v) is 9.84. The van der Waals surface area contributed by atoms with Gasteiger partial charge in [0, 0.05) is 29.3 Å². The Morgan fingerprint density at radius 1 is 1.21 bits per heavy atom. The van der Waals surface area contributed by atoms with E-state index in [1.54, 1.807) is 30.5 Å². The fourth-order valence-electron chi connectivity index (χ4n) is 1.97. The first-order valence-electron chi connectivity index (χ1n) is 7.39. The molecule has 0 unspecified atom stereocenters. The van der Waals surface area contributed by atoms with Crippen molar-refractivity contribution in [3.05, 3.63) is 58.8 Å². The summed E-state index contributed by atoms with van der Waals surface area (Å²) in [5.41, 5.74) is 6.70. The highest BCUT2D eigenvalue weighted by molar-refractivity contribution is 9.10. The average molecular weight is 411 g/mol. The third-order valence-electron chi connectivity index (χ3n) is 3.23. The minimum absolute atomic E-state index is 0.0861. The minimum atomic E-state index is -3.36. The lowest BCUT2D eigenvalue weighted by molar-refractivity contribution is 0.596. The van der Waals surface area contributed by atoms with Gasteiger partial charge in [0.1, 0.15) is 0 Å². The molecule has 1 aromatic heterocycles. The molecule has 3 N–H and O–H groups in total. The summed E-state index contributed by atoms with van der Waals surface area (Å²) in [4.78, 5) is 8.54. The predicted molar refractivity (Wildman–Crippen MR) is 98.6 cm³/mol. The van der Waals surface area contributed by atoms with Crippen LogP contribution in [-0.4, -0.2) is 38.2 Å². The van der Waals surface area contributed by atoms with Gasteiger partial charge in [-0.05, 0) is 36.4 Å². The van der Waals surface area contributed by atoms with Crippen molar-refractivity contribution in [1.29, 1.82) is 0 Å². The number of guanidine groups is 1. The Hall–Kier alpha value is -1.93. The van der Waals surface area contributed by atoms with Gasteiger partial charge in [0.05, 0.1) is 17.2 Å². The molecule has 0 atom stereocenters. The number of rotatable bonds is 7. The number of nitrogens with two attached hydrogens (primary N) is 1. The molecule has 1 heterocycles. The van der Waals surface area contributed by atoms with Gasteiger partial charge in [0.25, 0.3) is 0 Å². The van der Waals surface area contributed by atoms with Crippen LogP contribution in [0.15, 0.2) is 63.0 Å². The number of sulfone groups is 1. The molecular formula is C16H19BrN4O2S. The lowest BCUT2D eigenvalue weighted by Crippen LogP contribution is -2.33. The number of halogens is 1. The summed E-state index contributed by atoms with van der Waals surface area (Å²) in [6, 6.07) is 12.2. The molecule has 128 valence electrons. The van der Waals surface area contributed by atoms with Gasteiger partial charge in [0.15, 0.2) is 15.8 Å². The Labute approximate surface area is 150 Å². The molecule has 0 spiro atoms. The number of aliphatic imine (C=N–C) groups is 1. The van der Waals surface area contributed by atoms with E-state index in [0.29, 0.717) is 13.0 Å². The van der Waals surface area contributed by atoms with Crippen LogP contribution in [0.25, 0.3) is 0 Å². The van der Waals surface area contributed by atoms with Crippen molar-refractivity contribution in [3.63, 3.8) is 0 Å². The Balaban J connectivity index is 1.79. The van der Waals surface area contributed by atoms with Crippen LogP contribution in [0.1, 0.15) is 5.69 Å². The van der Waals surface area contributed by atoms with E-state index in [9.17, 15) is 8.42 Å². The van der Waals surface area contributed by atoms with Crippen LogP contribution in [0.2, 0.25) is 0 Å². The molecule has 24 heavy (non-hydrogen) atoms. The molecule has 0 saturated carbocycles. The maximum atomic E-state index is 12.2. The highest BCUT2D eigenvalue weighted by Gasteiger charge is 2.13. The Morgan fingerprint density at radius 2 is 1.96 bits per heavy atom. The molecule has 0 amide bonds. The molecule has 0 fully saturated rings. The standard InChI is InChI=1S/C16H19BrN4O2S/c17-13-4-6-15(7-5-13)24(22,23)12-11-21-16(18)20-10-8-14-3-1-2-9-19-14/h1-7,9H,8,10-12H2,(H3,18,20,21). The molecule has 0 bridgehead atoms. The average Bonchev–Trinajstić information content (AvgIpc) is 2.56. The van der Waals surface area contributed by atoms with Crippen LogP contribution in [0.4, 0.5) is 0 Å². The topological polar surface area (TPSA) is 97.4 Å². The smallest absolute Gasteiger partial charge is 0.188 e. The number of benzene rings is 1. The van der Waals surface area contributed by atoms with Crippen LogP contribution < -0.4 is 11.1 Å². The van der Waals surface area contributed by atoms with Crippen LogP contribution in [0.5, 0.6) is 0 Å². The summed E-state index contributed by atoms with van der Waals surface area (Å²) in [6.07, 6.45) is 2.45. The summed E-state index contributed by atoms with van der Waals surface area (Å²) >= 11 is 3.28. The maximum Gasteiger partial charge on any atom is 0.188 e. The molecule has 1 aromatic carbocycles. The van der Waals surface area contributed by atoms with Crippen molar-refractivity contribution >= 4 is 31.7 Å². The fourth-order valence-corrected chi connectivity index (χ4v) is 3.35. The lowest BCUT2D eigenvalue weighted by atomic mass is 10.3. The van der Waals surface area contributed by atoms with Crippen molar-refractivity contribution in [3.8, 4) is 0 Å². The second-order valence-corrected chi connectivity index (χ2v) is 8.06. The van der Waals surface area contributed by atoms with Gasteiger partial charge in [0.2, 0.25) is 0 Å². The number of nitrogens with one attached hydrogen (secondary N) is 1. The summed E-state index contributed by atoms with van der Waals surface area (Å²) in [5.74, 6) is 0.147. The van der Waals surface area contributed by atoms with Crippen LogP contribution in [-0.2, 0) is 16.3 Å². The lowest BCUT2D eigenvalue weighted by Gasteiger charge is -2.06. The summed E-state index contributed by atoms with van der Waals surface area (Å²) < 4.78 is 25.2. The normalized spacial score (nSPS) is 12.1. The number of hydrogen-bond acceptors (Lipinski definition) is 4. The fraction of sp³-hybridized carbons (Fsp3) is 0.250. The van der Waals surface area contributed by atoms with E-state index in [0.717, 1.165) is 10.2 Å². The highest BCUT2D eigenvalue weighted by atomic mass is 79.9. The van der Waals surface area contributed by atoms with Crippen LogP contribution >= 0.6 is 15.9 Å². The zero-order valence-corrected chi connectivity index (χ0v) is 15.4. The molecule has 8 heteroatoms. The number of pyridine rings is 1. The van der Waals surface area contributed by atoms with E-state index in [2.05, 4.69) is 31.2 Å². The van der Waals surface area contributed by atoms with Gasteiger partial charge < -0.3 is 11.1 Å². The Bertz CT molecular complexity index is 777. The monoisotopic (exact) mass is 410 g/mol. The van der Waals surface area contributed by atoms with E-state index in [1.165, 1.54) is 0 Å². The first-order chi connectivity index (χ1) is 11.5. The van der Waals surface area contributed by atoms with Gasteiger partial charge in [-0.3, -0.25) is 9.98 Å².